The topological polar surface area (TPSA) is 65.1 Å². The van der Waals surface area contributed by atoms with Crippen LogP contribution in [0.5, 0.6) is 0 Å². The highest BCUT2D eigenvalue weighted by Gasteiger charge is 2.20. The maximum Gasteiger partial charge on any atom is 0.0834 e. The Morgan fingerprint density at radius 1 is 1.56 bits per heavy atom. The van der Waals surface area contributed by atoms with Gasteiger partial charge in [-0.15, -0.1) is 0 Å². The second-order valence-electron chi connectivity index (χ2n) is 4.47. The molecule has 0 saturated heterocycles. The van der Waals surface area contributed by atoms with Gasteiger partial charge in [0.05, 0.1) is 23.0 Å². The van der Waals surface area contributed by atoms with Crippen LogP contribution in [0.4, 0.5) is 0 Å². The van der Waals surface area contributed by atoms with E-state index in [1.165, 1.54) is 0 Å². The highest BCUT2D eigenvalue weighted by Crippen LogP contribution is 2.27. The van der Waals surface area contributed by atoms with Crippen molar-refractivity contribution >= 4 is 11.6 Å². The molecule has 0 aromatic carbocycles. The molecule has 5 nitrogen and oxygen atoms in total. The summed E-state index contributed by atoms with van der Waals surface area (Å²) in [6.07, 6.45) is 3.47. The minimum atomic E-state index is 0.00264. The maximum atomic E-state index is 6.19. The number of nitrogens with zero attached hydrogens (tertiary/aromatic N) is 2. The summed E-state index contributed by atoms with van der Waals surface area (Å²) in [5.74, 6) is 5.63. The van der Waals surface area contributed by atoms with Gasteiger partial charge in [-0.2, -0.15) is 5.10 Å². The highest BCUT2D eigenvalue weighted by molar-refractivity contribution is 6.31. The fourth-order valence-corrected chi connectivity index (χ4v) is 2.18. The molecule has 0 aliphatic rings. The maximum absolute atomic E-state index is 6.19. The molecule has 0 amide bonds. The van der Waals surface area contributed by atoms with Crippen molar-refractivity contribution < 1.29 is 4.74 Å². The van der Waals surface area contributed by atoms with Gasteiger partial charge in [-0.25, -0.2) is 0 Å². The summed E-state index contributed by atoms with van der Waals surface area (Å²) in [6.45, 7) is 7.61. The van der Waals surface area contributed by atoms with E-state index in [1.807, 2.05) is 11.6 Å². The number of hydrazine groups is 1. The standard InChI is InChI=1S/C12H23ClN4O/c1-4-18-7-5-6-11(16-14)12-10(13)8-15-17(12)9(2)3/h8-9,11,16H,4-7,14H2,1-3H3. The quantitative estimate of drug-likeness (QED) is 0.434. The first kappa shape index (κ1) is 15.4. The lowest BCUT2D eigenvalue weighted by Gasteiger charge is -2.20. The number of aromatic nitrogens is 2. The van der Waals surface area contributed by atoms with E-state index in [0.717, 1.165) is 31.7 Å². The highest BCUT2D eigenvalue weighted by atomic mass is 35.5. The fraction of sp³-hybridized carbons (Fsp3) is 0.750. The lowest BCUT2D eigenvalue weighted by molar-refractivity contribution is 0.140. The molecule has 0 spiro atoms. The number of nitrogens with two attached hydrogens (primary N) is 1. The minimum Gasteiger partial charge on any atom is -0.382 e. The normalized spacial score (nSPS) is 13.2. The molecule has 1 aromatic rings. The molecule has 1 atom stereocenters. The van der Waals surface area contributed by atoms with E-state index < -0.39 is 0 Å². The molecule has 0 bridgehead atoms. The van der Waals surface area contributed by atoms with Crippen molar-refractivity contribution in [3.63, 3.8) is 0 Å². The van der Waals surface area contributed by atoms with E-state index in [0.29, 0.717) is 5.02 Å². The van der Waals surface area contributed by atoms with Crippen LogP contribution in [-0.4, -0.2) is 23.0 Å². The van der Waals surface area contributed by atoms with E-state index in [9.17, 15) is 0 Å². The van der Waals surface area contributed by atoms with Crippen LogP contribution in [-0.2, 0) is 4.74 Å². The van der Waals surface area contributed by atoms with E-state index in [4.69, 9.17) is 22.2 Å². The zero-order valence-corrected chi connectivity index (χ0v) is 12.1. The molecule has 0 fully saturated rings. The Labute approximate surface area is 114 Å². The van der Waals surface area contributed by atoms with Crippen LogP contribution in [0.3, 0.4) is 0 Å². The predicted molar refractivity (Wildman–Crippen MR) is 73.4 cm³/mol. The van der Waals surface area contributed by atoms with Crippen LogP contribution in [0.25, 0.3) is 0 Å². The summed E-state index contributed by atoms with van der Waals surface area (Å²) in [6, 6.07) is 0.262. The van der Waals surface area contributed by atoms with E-state index in [1.54, 1.807) is 6.20 Å². The van der Waals surface area contributed by atoms with Crippen molar-refractivity contribution in [3.8, 4) is 0 Å². The van der Waals surface area contributed by atoms with Gasteiger partial charge in [0.2, 0.25) is 0 Å². The number of nitrogens with one attached hydrogen (secondary N) is 1. The first-order chi connectivity index (χ1) is 8.61. The van der Waals surface area contributed by atoms with Gasteiger partial charge >= 0.3 is 0 Å². The average Bonchev–Trinajstić information content (AvgIpc) is 2.72. The van der Waals surface area contributed by atoms with Crippen molar-refractivity contribution in [1.82, 2.24) is 15.2 Å². The Bertz CT molecular complexity index is 354. The third-order valence-corrected chi connectivity index (χ3v) is 3.08. The SMILES string of the molecule is CCOCCCC(NN)c1c(Cl)cnn1C(C)C. The van der Waals surface area contributed by atoms with E-state index in [-0.39, 0.29) is 12.1 Å². The molecule has 0 aliphatic carbocycles. The van der Waals surface area contributed by atoms with Gasteiger partial charge in [-0.05, 0) is 33.6 Å². The summed E-state index contributed by atoms with van der Waals surface area (Å²) >= 11 is 6.19. The largest absolute Gasteiger partial charge is 0.382 e. The Morgan fingerprint density at radius 2 is 2.28 bits per heavy atom. The molecule has 1 aromatic heterocycles. The lowest BCUT2D eigenvalue weighted by Crippen LogP contribution is -2.30. The first-order valence-corrected chi connectivity index (χ1v) is 6.76. The summed E-state index contributed by atoms with van der Waals surface area (Å²) in [4.78, 5) is 0. The minimum absolute atomic E-state index is 0.00264. The molecule has 104 valence electrons. The van der Waals surface area contributed by atoms with Gasteiger partial charge in [0.25, 0.3) is 0 Å². The van der Waals surface area contributed by atoms with Crippen LogP contribution in [0.2, 0.25) is 5.02 Å². The van der Waals surface area contributed by atoms with Gasteiger partial charge in [-0.1, -0.05) is 11.6 Å². The third-order valence-electron chi connectivity index (χ3n) is 2.79. The Morgan fingerprint density at radius 3 is 2.83 bits per heavy atom. The number of hydrogen-bond acceptors (Lipinski definition) is 4. The number of rotatable bonds is 8. The molecular formula is C12H23ClN4O. The summed E-state index contributed by atoms with van der Waals surface area (Å²) < 4.78 is 7.24. The predicted octanol–water partition coefficient (Wildman–Crippen LogP) is 2.44. The van der Waals surface area contributed by atoms with Crippen molar-refractivity contribution in [2.75, 3.05) is 13.2 Å². The molecular weight excluding hydrogens is 252 g/mol. The van der Waals surface area contributed by atoms with Crippen LogP contribution in [0.1, 0.15) is 51.4 Å². The van der Waals surface area contributed by atoms with E-state index >= 15 is 0 Å². The van der Waals surface area contributed by atoms with Crippen molar-refractivity contribution in [2.45, 2.75) is 45.7 Å². The van der Waals surface area contributed by atoms with Gasteiger partial charge in [-0.3, -0.25) is 16.0 Å². The molecule has 1 unspecified atom stereocenters. The fourth-order valence-electron chi connectivity index (χ4n) is 1.92. The molecule has 3 N–H and O–H groups in total. The molecule has 6 heteroatoms. The number of hydrogen-bond donors (Lipinski definition) is 2. The van der Waals surface area contributed by atoms with Crippen molar-refractivity contribution in [3.05, 3.63) is 16.9 Å². The summed E-state index contributed by atoms with van der Waals surface area (Å²) in [7, 11) is 0. The molecule has 1 heterocycles. The van der Waals surface area contributed by atoms with Crippen LogP contribution >= 0.6 is 11.6 Å². The molecule has 0 radical (unpaired) electrons. The molecule has 0 aliphatic heterocycles. The lowest BCUT2D eigenvalue weighted by atomic mass is 10.1. The van der Waals surface area contributed by atoms with Crippen LogP contribution < -0.4 is 11.3 Å². The summed E-state index contributed by atoms with van der Waals surface area (Å²) in [5, 5.41) is 4.94. The van der Waals surface area contributed by atoms with Crippen molar-refractivity contribution in [1.29, 1.82) is 0 Å². The van der Waals surface area contributed by atoms with Gasteiger partial charge < -0.3 is 4.74 Å². The Balaban J connectivity index is 2.72. The monoisotopic (exact) mass is 274 g/mol. The number of ether oxygens (including phenoxy) is 1. The molecule has 1 rings (SSSR count). The second-order valence-corrected chi connectivity index (χ2v) is 4.88. The van der Waals surface area contributed by atoms with Crippen molar-refractivity contribution in [2.24, 2.45) is 5.84 Å². The Kier molecular flexibility index (Phi) is 6.63. The third kappa shape index (κ3) is 3.95. The smallest absolute Gasteiger partial charge is 0.0834 e. The first-order valence-electron chi connectivity index (χ1n) is 6.38. The summed E-state index contributed by atoms with van der Waals surface area (Å²) in [5.41, 5.74) is 3.77. The Hall–Kier alpha value is -0.620. The zero-order valence-electron chi connectivity index (χ0n) is 11.3. The average molecular weight is 275 g/mol. The van der Waals surface area contributed by atoms with Gasteiger partial charge in [0.15, 0.2) is 0 Å². The number of halogens is 1. The van der Waals surface area contributed by atoms with Crippen LogP contribution in [0.15, 0.2) is 6.20 Å². The molecule has 0 saturated carbocycles. The van der Waals surface area contributed by atoms with Crippen LogP contribution in [0, 0.1) is 0 Å². The van der Waals surface area contributed by atoms with Gasteiger partial charge in [0.1, 0.15) is 0 Å². The van der Waals surface area contributed by atoms with E-state index in [2.05, 4.69) is 24.4 Å². The zero-order chi connectivity index (χ0) is 13.5. The van der Waals surface area contributed by atoms with Gasteiger partial charge in [0, 0.05) is 19.3 Å². The molecule has 18 heavy (non-hydrogen) atoms. The second kappa shape index (κ2) is 7.74.